The van der Waals surface area contributed by atoms with Gasteiger partial charge in [0.2, 0.25) is 0 Å². The summed E-state index contributed by atoms with van der Waals surface area (Å²) in [6, 6.07) is 12.5. The number of carbonyl (C=O) groups is 2. The Morgan fingerprint density at radius 2 is 1.67 bits per heavy atom. The Morgan fingerprint density at radius 1 is 1.04 bits per heavy atom. The van der Waals surface area contributed by atoms with E-state index in [1.165, 1.54) is 36.4 Å². The van der Waals surface area contributed by atoms with Gasteiger partial charge in [0.15, 0.2) is 6.10 Å². The second-order valence-corrected chi connectivity index (χ2v) is 5.53. The van der Waals surface area contributed by atoms with E-state index in [1.807, 2.05) is 6.92 Å². The molecule has 6 nitrogen and oxygen atoms in total. The lowest BCUT2D eigenvalue weighted by atomic mass is 10.2. The smallest absolute Gasteiger partial charge is 0.279 e. The Morgan fingerprint density at radius 3 is 2.30 bits per heavy atom. The molecule has 7 heteroatoms. The third-order valence-electron chi connectivity index (χ3n) is 3.42. The fourth-order valence-corrected chi connectivity index (χ4v) is 2.05. The first-order chi connectivity index (χ1) is 13.0. The van der Waals surface area contributed by atoms with Crippen molar-refractivity contribution < 1.29 is 23.5 Å². The maximum Gasteiger partial charge on any atom is 0.279 e. The van der Waals surface area contributed by atoms with Crippen LogP contribution < -0.4 is 20.3 Å². The number of carbonyl (C=O) groups excluding carboxylic acids is 2. The largest absolute Gasteiger partial charge is 0.494 e. The third-order valence-corrected chi connectivity index (χ3v) is 3.42. The first kappa shape index (κ1) is 20.0. The Balaban J connectivity index is 1.78. The maximum absolute atomic E-state index is 12.8. The van der Waals surface area contributed by atoms with Gasteiger partial charge in [-0.15, -0.1) is 0 Å². The predicted molar refractivity (Wildman–Crippen MR) is 99.4 cm³/mol. The SMILES string of the molecule is CCOc1ccc(O[C@@H](C)C(=O)NNC(=O)/C=C/c2ccc(F)cc2)cc1. The van der Waals surface area contributed by atoms with Crippen molar-refractivity contribution in [1.82, 2.24) is 10.9 Å². The number of nitrogens with one attached hydrogen (secondary N) is 2. The van der Waals surface area contributed by atoms with E-state index < -0.39 is 17.9 Å². The summed E-state index contributed by atoms with van der Waals surface area (Å²) < 4.78 is 23.7. The number of hydrogen-bond donors (Lipinski definition) is 2. The molecule has 2 rings (SSSR count). The highest BCUT2D eigenvalue weighted by atomic mass is 19.1. The zero-order valence-corrected chi connectivity index (χ0v) is 15.1. The average Bonchev–Trinajstić information content (AvgIpc) is 2.67. The second-order valence-electron chi connectivity index (χ2n) is 5.53. The quantitative estimate of drug-likeness (QED) is 0.579. The molecule has 0 heterocycles. The van der Waals surface area contributed by atoms with Gasteiger partial charge < -0.3 is 9.47 Å². The first-order valence-corrected chi connectivity index (χ1v) is 8.41. The minimum atomic E-state index is -0.815. The first-order valence-electron chi connectivity index (χ1n) is 8.41. The molecule has 0 spiro atoms. The lowest BCUT2D eigenvalue weighted by molar-refractivity contribution is -0.131. The molecule has 0 saturated heterocycles. The van der Waals surface area contributed by atoms with Crippen molar-refractivity contribution in [2.75, 3.05) is 6.61 Å². The number of hydrogen-bond acceptors (Lipinski definition) is 4. The Kier molecular flexibility index (Phi) is 7.37. The molecule has 0 fully saturated rings. The monoisotopic (exact) mass is 372 g/mol. The van der Waals surface area contributed by atoms with Crippen LogP contribution in [0.25, 0.3) is 6.08 Å². The number of ether oxygens (including phenoxy) is 2. The summed E-state index contributed by atoms with van der Waals surface area (Å²) in [5.41, 5.74) is 5.19. The Labute approximate surface area is 157 Å². The van der Waals surface area contributed by atoms with E-state index in [0.717, 1.165) is 0 Å². The van der Waals surface area contributed by atoms with Crippen LogP contribution in [0.4, 0.5) is 4.39 Å². The molecule has 0 aliphatic rings. The van der Waals surface area contributed by atoms with Crippen LogP contribution in [0.5, 0.6) is 11.5 Å². The predicted octanol–water partition coefficient (Wildman–Crippen LogP) is 2.85. The zero-order valence-electron chi connectivity index (χ0n) is 15.1. The van der Waals surface area contributed by atoms with Crippen LogP contribution in [0.3, 0.4) is 0 Å². The van der Waals surface area contributed by atoms with Crippen molar-refractivity contribution in [3.05, 3.63) is 66.0 Å². The summed E-state index contributed by atoms with van der Waals surface area (Å²) in [6.07, 6.45) is 1.91. The van der Waals surface area contributed by atoms with E-state index in [0.29, 0.717) is 23.7 Å². The van der Waals surface area contributed by atoms with Gasteiger partial charge in [0.05, 0.1) is 6.61 Å². The van der Waals surface area contributed by atoms with Crippen LogP contribution in [0.1, 0.15) is 19.4 Å². The highest BCUT2D eigenvalue weighted by Crippen LogP contribution is 2.18. The standard InChI is InChI=1S/C20H21FN2O4/c1-3-26-17-9-11-18(12-10-17)27-14(2)20(25)23-22-19(24)13-6-15-4-7-16(21)8-5-15/h4-14H,3H2,1-2H3,(H,22,24)(H,23,25)/b13-6+/t14-/m0/s1. The van der Waals surface area contributed by atoms with Crippen molar-refractivity contribution >= 4 is 17.9 Å². The van der Waals surface area contributed by atoms with Gasteiger partial charge in [-0.2, -0.15) is 0 Å². The molecule has 2 N–H and O–H groups in total. The van der Waals surface area contributed by atoms with E-state index in [1.54, 1.807) is 31.2 Å². The maximum atomic E-state index is 12.8. The number of benzene rings is 2. The summed E-state index contributed by atoms with van der Waals surface area (Å²) in [6.45, 7) is 4.01. The topological polar surface area (TPSA) is 76.7 Å². The minimum Gasteiger partial charge on any atom is -0.494 e. The Hall–Kier alpha value is -3.35. The fraction of sp³-hybridized carbons (Fsp3) is 0.200. The minimum absolute atomic E-state index is 0.356. The summed E-state index contributed by atoms with van der Waals surface area (Å²) >= 11 is 0. The van der Waals surface area contributed by atoms with Crippen LogP contribution in [0, 0.1) is 5.82 Å². The molecule has 1 atom stereocenters. The molecule has 0 aromatic heterocycles. The zero-order chi connectivity index (χ0) is 19.6. The van der Waals surface area contributed by atoms with Crippen LogP contribution in [0.15, 0.2) is 54.6 Å². The molecular formula is C20H21FN2O4. The lowest BCUT2D eigenvalue weighted by Gasteiger charge is -2.15. The van der Waals surface area contributed by atoms with Crippen LogP contribution >= 0.6 is 0 Å². The van der Waals surface area contributed by atoms with Gasteiger partial charge in [0, 0.05) is 6.08 Å². The lowest BCUT2D eigenvalue weighted by Crippen LogP contribution is -2.46. The van der Waals surface area contributed by atoms with Crippen molar-refractivity contribution in [3.8, 4) is 11.5 Å². The normalized spacial score (nSPS) is 11.7. The van der Waals surface area contributed by atoms with E-state index in [9.17, 15) is 14.0 Å². The molecule has 27 heavy (non-hydrogen) atoms. The number of rotatable bonds is 7. The molecule has 0 bridgehead atoms. The number of amides is 2. The van der Waals surface area contributed by atoms with Gasteiger partial charge in [-0.1, -0.05) is 12.1 Å². The van der Waals surface area contributed by atoms with Crippen molar-refractivity contribution in [3.63, 3.8) is 0 Å². The van der Waals surface area contributed by atoms with Crippen molar-refractivity contribution in [1.29, 1.82) is 0 Å². The molecule has 2 aromatic carbocycles. The van der Waals surface area contributed by atoms with Crippen LogP contribution in [-0.2, 0) is 9.59 Å². The van der Waals surface area contributed by atoms with Gasteiger partial charge in [-0.3, -0.25) is 20.4 Å². The molecule has 0 saturated carbocycles. The highest BCUT2D eigenvalue weighted by Gasteiger charge is 2.15. The molecular weight excluding hydrogens is 351 g/mol. The molecule has 0 radical (unpaired) electrons. The van der Waals surface area contributed by atoms with Crippen LogP contribution in [-0.4, -0.2) is 24.5 Å². The van der Waals surface area contributed by atoms with Crippen LogP contribution in [0.2, 0.25) is 0 Å². The second kappa shape index (κ2) is 9.96. The molecule has 2 aromatic rings. The van der Waals surface area contributed by atoms with E-state index in [-0.39, 0.29) is 5.82 Å². The molecule has 142 valence electrons. The van der Waals surface area contributed by atoms with Crippen molar-refractivity contribution in [2.45, 2.75) is 20.0 Å². The van der Waals surface area contributed by atoms with E-state index >= 15 is 0 Å². The van der Waals surface area contributed by atoms with Crippen molar-refractivity contribution in [2.24, 2.45) is 0 Å². The average molecular weight is 372 g/mol. The summed E-state index contributed by atoms with van der Waals surface area (Å²) in [5, 5.41) is 0. The Bertz CT molecular complexity index is 789. The molecule has 0 aliphatic carbocycles. The highest BCUT2D eigenvalue weighted by molar-refractivity contribution is 5.93. The summed E-state index contributed by atoms with van der Waals surface area (Å²) in [4.78, 5) is 23.7. The van der Waals surface area contributed by atoms with Gasteiger partial charge >= 0.3 is 0 Å². The molecule has 0 unspecified atom stereocenters. The third kappa shape index (κ3) is 6.81. The fourth-order valence-electron chi connectivity index (χ4n) is 2.05. The van der Waals surface area contributed by atoms with E-state index in [2.05, 4.69) is 10.9 Å². The van der Waals surface area contributed by atoms with Gasteiger partial charge in [0.1, 0.15) is 17.3 Å². The van der Waals surface area contributed by atoms with Gasteiger partial charge in [0.25, 0.3) is 11.8 Å². The van der Waals surface area contributed by atoms with E-state index in [4.69, 9.17) is 9.47 Å². The molecule has 0 aliphatic heterocycles. The summed E-state index contributed by atoms with van der Waals surface area (Å²) in [5.74, 6) is -0.176. The van der Waals surface area contributed by atoms with Gasteiger partial charge in [-0.25, -0.2) is 4.39 Å². The number of hydrazine groups is 1. The molecule has 2 amide bonds. The summed E-state index contributed by atoms with van der Waals surface area (Å²) in [7, 11) is 0. The van der Waals surface area contributed by atoms with Gasteiger partial charge in [-0.05, 0) is 61.9 Å². The number of halogens is 1.